The SMILES string of the molecule is CCC(C)NC(=O)c1cc(C)nnc1C. The molecule has 0 aliphatic carbocycles. The molecule has 4 nitrogen and oxygen atoms in total. The van der Waals surface area contributed by atoms with E-state index in [0.717, 1.165) is 12.1 Å². The molecule has 1 N–H and O–H groups in total. The van der Waals surface area contributed by atoms with Crippen LogP contribution in [0.15, 0.2) is 6.07 Å². The van der Waals surface area contributed by atoms with Gasteiger partial charge in [-0.15, -0.1) is 0 Å². The number of nitrogens with one attached hydrogen (secondary N) is 1. The van der Waals surface area contributed by atoms with Crippen LogP contribution >= 0.6 is 0 Å². The first kappa shape index (κ1) is 11.6. The molecule has 15 heavy (non-hydrogen) atoms. The number of carbonyl (C=O) groups is 1. The summed E-state index contributed by atoms with van der Waals surface area (Å²) in [6.07, 6.45) is 0.919. The Morgan fingerprint density at radius 1 is 1.47 bits per heavy atom. The van der Waals surface area contributed by atoms with Gasteiger partial charge in [0.1, 0.15) is 0 Å². The third-order valence-corrected chi connectivity index (χ3v) is 2.34. The maximum absolute atomic E-state index is 11.8. The van der Waals surface area contributed by atoms with Gasteiger partial charge in [-0.3, -0.25) is 4.79 Å². The van der Waals surface area contributed by atoms with E-state index in [-0.39, 0.29) is 11.9 Å². The summed E-state index contributed by atoms with van der Waals surface area (Å²) < 4.78 is 0. The number of hydrogen-bond acceptors (Lipinski definition) is 3. The van der Waals surface area contributed by atoms with E-state index in [1.807, 2.05) is 20.8 Å². The summed E-state index contributed by atoms with van der Waals surface area (Å²) in [5.41, 5.74) is 2.04. The zero-order valence-electron chi connectivity index (χ0n) is 9.66. The highest BCUT2D eigenvalue weighted by atomic mass is 16.1. The summed E-state index contributed by atoms with van der Waals surface area (Å²) in [4.78, 5) is 11.8. The molecule has 0 radical (unpaired) electrons. The second kappa shape index (κ2) is 4.87. The van der Waals surface area contributed by atoms with Crippen molar-refractivity contribution in [1.82, 2.24) is 15.5 Å². The average Bonchev–Trinajstić information content (AvgIpc) is 2.21. The number of nitrogens with zero attached hydrogens (tertiary/aromatic N) is 2. The average molecular weight is 207 g/mol. The summed E-state index contributed by atoms with van der Waals surface area (Å²) >= 11 is 0. The van der Waals surface area contributed by atoms with E-state index in [1.54, 1.807) is 13.0 Å². The molecule has 1 atom stereocenters. The highest BCUT2D eigenvalue weighted by Gasteiger charge is 2.12. The molecule has 1 amide bonds. The molecule has 1 rings (SSSR count). The standard InChI is InChI=1S/C11H17N3O/c1-5-7(2)12-11(15)10-6-8(3)13-14-9(10)4/h6-7H,5H2,1-4H3,(H,12,15). The summed E-state index contributed by atoms with van der Waals surface area (Å²) in [5, 5.41) is 10.7. The van der Waals surface area contributed by atoms with Crippen molar-refractivity contribution in [3.63, 3.8) is 0 Å². The molecule has 0 spiro atoms. The van der Waals surface area contributed by atoms with Crippen LogP contribution < -0.4 is 5.32 Å². The molecular weight excluding hydrogens is 190 g/mol. The number of amides is 1. The van der Waals surface area contributed by atoms with E-state index < -0.39 is 0 Å². The number of aryl methyl sites for hydroxylation is 2. The smallest absolute Gasteiger partial charge is 0.253 e. The fourth-order valence-corrected chi connectivity index (χ4v) is 1.18. The van der Waals surface area contributed by atoms with Gasteiger partial charge in [-0.05, 0) is 33.3 Å². The van der Waals surface area contributed by atoms with Crippen LogP contribution in [0.3, 0.4) is 0 Å². The van der Waals surface area contributed by atoms with E-state index in [0.29, 0.717) is 11.3 Å². The van der Waals surface area contributed by atoms with Crippen molar-refractivity contribution in [1.29, 1.82) is 0 Å². The Morgan fingerprint density at radius 2 is 2.13 bits per heavy atom. The largest absolute Gasteiger partial charge is 0.350 e. The Kier molecular flexibility index (Phi) is 3.77. The molecule has 0 saturated carbocycles. The predicted molar refractivity (Wildman–Crippen MR) is 58.7 cm³/mol. The quantitative estimate of drug-likeness (QED) is 0.819. The first-order valence-corrected chi connectivity index (χ1v) is 5.16. The number of carbonyl (C=O) groups excluding carboxylic acids is 1. The van der Waals surface area contributed by atoms with E-state index in [1.165, 1.54) is 0 Å². The molecule has 0 aliphatic heterocycles. The highest BCUT2D eigenvalue weighted by molar-refractivity contribution is 5.95. The van der Waals surface area contributed by atoms with Crippen molar-refractivity contribution in [2.45, 2.75) is 40.2 Å². The first-order valence-electron chi connectivity index (χ1n) is 5.16. The lowest BCUT2D eigenvalue weighted by Gasteiger charge is -2.12. The molecule has 0 bridgehead atoms. The molecule has 0 fully saturated rings. The molecule has 1 aromatic rings. The van der Waals surface area contributed by atoms with Gasteiger partial charge in [-0.2, -0.15) is 10.2 Å². The van der Waals surface area contributed by atoms with Crippen molar-refractivity contribution >= 4 is 5.91 Å². The van der Waals surface area contributed by atoms with Crippen LogP contribution in [-0.4, -0.2) is 22.1 Å². The lowest BCUT2D eigenvalue weighted by Crippen LogP contribution is -2.32. The van der Waals surface area contributed by atoms with E-state index in [2.05, 4.69) is 15.5 Å². The molecule has 82 valence electrons. The maximum Gasteiger partial charge on any atom is 0.253 e. The lowest BCUT2D eigenvalue weighted by molar-refractivity contribution is 0.0938. The Morgan fingerprint density at radius 3 is 2.73 bits per heavy atom. The molecule has 0 aromatic carbocycles. The summed E-state index contributed by atoms with van der Waals surface area (Å²) in [7, 11) is 0. The topological polar surface area (TPSA) is 54.9 Å². The number of rotatable bonds is 3. The zero-order valence-corrected chi connectivity index (χ0v) is 9.66. The summed E-state index contributed by atoms with van der Waals surface area (Å²) in [6.45, 7) is 7.63. The molecular formula is C11H17N3O. The minimum absolute atomic E-state index is 0.0696. The Bertz CT molecular complexity index is 363. The van der Waals surface area contributed by atoms with Gasteiger partial charge in [0.15, 0.2) is 0 Å². The van der Waals surface area contributed by atoms with Crippen LogP contribution in [0.5, 0.6) is 0 Å². The van der Waals surface area contributed by atoms with Crippen molar-refractivity contribution < 1.29 is 4.79 Å². The monoisotopic (exact) mass is 207 g/mol. The second-order valence-corrected chi connectivity index (χ2v) is 3.77. The Hall–Kier alpha value is -1.45. The van der Waals surface area contributed by atoms with Crippen LogP contribution in [-0.2, 0) is 0 Å². The van der Waals surface area contributed by atoms with Gasteiger partial charge in [0.25, 0.3) is 5.91 Å². The minimum atomic E-state index is -0.0696. The second-order valence-electron chi connectivity index (χ2n) is 3.77. The van der Waals surface area contributed by atoms with Crippen LogP contribution in [0.1, 0.15) is 42.0 Å². The third kappa shape index (κ3) is 3.01. The first-order chi connectivity index (χ1) is 7.04. The van der Waals surface area contributed by atoms with Gasteiger partial charge in [-0.1, -0.05) is 6.92 Å². The number of hydrogen-bond donors (Lipinski definition) is 1. The van der Waals surface area contributed by atoms with Gasteiger partial charge in [0.2, 0.25) is 0 Å². The Labute approximate surface area is 90.1 Å². The van der Waals surface area contributed by atoms with Gasteiger partial charge in [0.05, 0.1) is 17.0 Å². The van der Waals surface area contributed by atoms with E-state index in [4.69, 9.17) is 0 Å². The fourth-order valence-electron chi connectivity index (χ4n) is 1.18. The Balaban J connectivity index is 2.86. The molecule has 1 unspecified atom stereocenters. The normalized spacial score (nSPS) is 12.3. The van der Waals surface area contributed by atoms with Crippen LogP contribution in [0.25, 0.3) is 0 Å². The van der Waals surface area contributed by atoms with Gasteiger partial charge in [-0.25, -0.2) is 0 Å². The van der Waals surface area contributed by atoms with Crippen molar-refractivity contribution in [3.05, 3.63) is 23.0 Å². The predicted octanol–water partition coefficient (Wildman–Crippen LogP) is 1.62. The molecule has 1 aromatic heterocycles. The highest BCUT2D eigenvalue weighted by Crippen LogP contribution is 2.05. The van der Waals surface area contributed by atoms with Crippen molar-refractivity contribution in [3.8, 4) is 0 Å². The van der Waals surface area contributed by atoms with Gasteiger partial charge in [0, 0.05) is 6.04 Å². The maximum atomic E-state index is 11.8. The summed E-state index contributed by atoms with van der Waals surface area (Å²) in [5.74, 6) is -0.0696. The van der Waals surface area contributed by atoms with Crippen LogP contribution in [0.2, 0.25) is 0 Å². The third-order valence-electron chi connectivity index (χ3n) is 2.34. The van der Waals surface area contributed by atoms with E-state index in [9.17, 15) is 4.79 Å². The van der Waals surface area contributed by atoms with Crippen LogP contribution in [0.4, 0.5) is 0 Å². The minimum Gasteiger partial charge on any atom is -0.350 e. The van der Waals surface area contributed by atoms with E-state index >= 15 is 0 Å². The van der Waals surface area contributed by atoms with Crippen molar-refractivity contribution in [2.24, 2.45) is 0 Å². The summed E-state index contributed by atoms with van der Waals surface area (Å²) in [6, 6.07) is 1.95. The fraction of sp³-hybridized carbons (Fsp3) is 0.545. The molecule has 0 aliphatic rings. The van der Waals surface area contributed by atoms with Gasteiger partial charge < -0.3 is 5.32 Å². The number of aromatic nitrogens is 2. The lowest BCUT2D eigenvalue weighted by atomic mass is 10.1. The zero-order chi connectivity index (χ0) is 11.4. The molecule has 0 saturated heterocycles. The van der Waals surface area contributed by atoms with Crippen LogP contribution in [0, 0.1) is 13.8 Å². The molecule has 1 heterocycles. The van der Waals surface area contributed by atoms with Crippen molar-refractivity contribution in [2.75, 3.05) is 0 Å². The van der Waals surface area contributed by atoms with Gasteiger partial charge >= 0.3 is 0 Å². The molecule has 4 heteroatoms.